The van der Waals surface area contributed by atoms with Crippen molar-refractivity contribution in [2.45, 2.75) is 25.4 Å². The highest BCUT2D eigenvalue weighted by Gasteiger charge is 2.15. The van der Waals surface area contributed by atoms with E-state index in [9.17, 15) is 9.90 Å². The summed E-state index contributed by atoms with van der Waals surface area (Å²) < 4.78 is 5.10. The smallest absolute Gasteiger partial charge is 0.319 e. The van der Waals surface area contributed by atoms with Gasteiger partial charge in [0.05, 0.1) is 13.2 Å². The molecule has 1 atom stereocenters. The average molecular weight is 307 g/mol. The fraction of sp³-hybridized carbons (Fsp3) is 0.562. The molecule has 0 aliphatic carbocycles. The summed E-state index contributed by atoms with van der Waals surface area (Å²) in [6, 6.07) is 6.81. The monoisotopic (exact) mass is 307 g/mol. The molecule has 0 saturated carbocycles. The van der Waals surface area contributed by atoms with Gasteiger partial charge in [-0.2, -0.15) is 0 Å². The molecule has 1 heterocycles. The number of methoxy groups -OCH3 is 1. The van der Waals surface area contributed by atoms with Gasteiger partial charge in [0, 0.05) is 24.8 Å². The van der Waals surface area contributed by atoms with Gasteiger partial charge in [-0.15, -0.1) is 0 Å². The zero-order chi connectivity index (χ0) is 15.8. The summed E-state index contributed by atoms with van der Waals surface area (Å²) in [6.45, 7) is 2.92. The quantitative estimate of drug-likeness (QED) is 0.747. The van der Waals surface area contributed by atoms with Gasteiger partial charge in [-0.25, -0.2) is 4.79 Å². The lowest BCUT2D eigenvalue weighted by atomic mass is 10.1. The minimum absolute atomic E-state index is 0.242. The number of ether oxygens (including phenoxy) is 1. The van der Waals surface area contributed by atoms with Crippen molar-refractivity contribution in [2.24, 2.45) is 0 Å². The maximum Gasteiger partial charge on any atom is 0.319 e. The van der Waals surface area contributed by atoms with Crippen molar-refractivity contribution in [1.82, 2.24) is 10.2 Å². The Morgan fingerprint density at radius 1 is 1.36 bits per heavy atom. The summed E-state index contributed by atoms with van der Waals surface area (Å²) in [5, 5.41) is 15.4. The summed E-state index contributed by atoms with van der Waals surface area (Å²) in [6.07, 6.45) is 3.11. The van der Waals surface area contributed by atoms with Gasteiger partial charge < -0.3 is 25.4 Å². The minimum Gasteiger partial charge on any atom is -0.497 e. The maximum atomic E-state index is 11.8. The number of likely N-dealkylation sites (tertiary alicyclic amines) is 1. The summed E-state index contributed by atoms with van der Waals surface area (Å²) in [7, 11) is 1.58. The zero-order valence-corrected chi connectivity index (χ0v) is 13.0. The Bertz CT molecular complexity index is 475. The van der Waals surface area contributed by atoms with E-state index in [0.717, 1.165) is 13.1 Å². The maximum absolute atomic E-state index is 11.8. The van der Waals surface area contributed by atoms with E-state index in [2.05, 4.69) is 15.5 Å². The molecule has 1 aromatic rings. The van der Waals surface area contributed by atoms with Crippen molar-refractivity contribution < 1.29 is 14.6 Å². The third-order valence-electron chi connectivity index (χ3n) is 3.74. The molecular weight excluding hydrogens is 282 g/mol. The number of β-amino-alcohol motifs (C(OH)–C–C–N with tert-alkyl or cyclic N) is 1. The van der Waals surface area contributed by atoms with Gasteiger partial charge in [0.1, 0.15) is 5.75 Å². The van der Waals surface area contributed by atoms with Crippen LogP contribution in [0.5, 0.6) is 5.75 Å². The molecule has 0 aromatic heterocycles. The second-order valence-electron chi connectivity index (χ2n) is 5.58. The number of benzene rings is 1. The number of nitrogens with zero attached hydrogens (tertiary/aromatic N) is 1. The molecule has 1 unspecified atom stereocenters. The van der Waals surface area contributed by atoms with E-state index >= 15 is 0 Å². The molecule has 0 bridgehead atoms. The highest BCUT2D eigenvalue weighted by Crippen LogP contribution is 2.16. The van der Waals surface area contributed by atoms with Crippen molar-refractivity contribution in [2.75, 3.05) is 38.6 Å². The number of hydrogen-bond donors (Lipinski definition) is 3. The Morgan fingerprint density at radius 3 is 2.86 bits per heavy atom. The molecule has 1 fully saturated rings. The van der Waals surface area contributed by atoms with Gasteiger partial charge in [0.15, 0.2) is 0 Å². The lowest BCUT2D eigenvalue weighted by molar-refractivity contribution is 0.102. The van der Waals surface area contributed by atoms with Crippen LogP contribution in [0.2, 0.25) is 0 Å². The van der Waals surface area contributed by atoms with Crippen molar-refractivity contribution in [3.05, 3.63) is 24.3 Å². The fourth-order valence-corrected chi connectivity index (χ4v) is 2.59. The van der Waals surface area contributed by atoms with Crippen LogP contribution in [0.15, 0.2) is 24.3 Å². The molecule has 2 amide bonds. The standard InChI is InChI=1S/C16H25N3O3/c1-22-15-7-5-6-13(10-15)18-16(21)17-11-14(20)12-19-8-3-2-4-9-19/h5-7,10,14,20H,2-4,8-9,11-12H2,1H3,(H2,17,18,21). The van der Waals surface area contributed by atoms with E-state index in [1.165, 1.54) is 19.3 Å². The molecule has 22 heavy (non-hydrogen) atoms. The van der Waals surface area contributed by atoms with Crippen LogP contribution in [-0.2, 0) is 0 Å². The van der Waals surface area contributed by atoms with E-state index in [-0.39, 0.29) is 12.6 Å². The van der Waals surface area contributed by atoms with Crippen LogP contribution < -0.4 is 15.4 Å². The first-order valence-corrected chi connectivity index (χ1v) is 7.76. The summed E-state index contributed by atoms with van der Waals surface area (Å²) in [5.74, 6) is 0.683. The van der Waals surface area contributed by atoms with Crippen molar-refractivity contribution in [3.8, 4) is 5.75 Å². The molecule has 1 saturated heterocycles. The average Bonchev–Trinajstić information content (AvgIpc) is 2.54. The zero-order valence-electron chi connectivity index (χ0n) is 13.0. The Kier molecular flexibility index (Phi) is 6.48. The highest BCUT2D eigenvalue weighted by atomic mass is 16.5. The second kappa shape index (κ2) is 8.60. The molecule has 6 nitrogen and oxygen atoms in total. The molecule has 122 valence electrons. The van der Waals surface area contributed by atoms with E-state index in [1.54, 1.807) is 25.3 Å². The number of hydrogen-bond acceptors (Lipinski definition) is 4. The molecule has 3 N–H and O–H groups in total. The van der Waals surface area contributed by atoms with E-state index in [0.29, 0.717) is 18.0 Å². The molecule has 1 aliphatic heterocycles. The van der Waals surface area contributed by atoms with Crippen LogP contribution in [0.3, 0.4) is 0 Å². The van der Waals surface area contributed by atoms with Gasteiger partial charge in [-0.05, 0) is 38.1 Å². The van der Waals surface area contributed by atoms with E-state index in [4.69, 9.17) is 4.74 Å². The highest BCUT2D eigenvalue weighted by molar-refractivity contribution is 5.89. The predicted octanol–water partition coefficient (Wildman–Crippen LogP) is 1.66. The fourth-order valence-electron chi connectivity index (χ4n) is 2.59. The second-order valence-corrected chi connectivity index (χ2v) is 5.58. The molecular formula is C16H25N3O3. The minimum atomic E-state index is -0.547. The molecule has 2 rings (SSSR count). The number of nitrogens with one attached hydrogen (secondary N) is 2. The number of anilines is 1. The Balaban J connectivity index is 1.70. The van der Waals surface area contributed by atoms with Crippen LogP contribution >= 0.6 is 0 Å². The first-order valence-electron chi connectivity index (χ1n) is 7.76. The SMILES string of the molecule is COc1cccc(NC(=O)NCC(O)CN2CCCCC2)c1. The van der Waals surface area contributed by atoms with Gasteiger partial charge in [-0.1, -0.05) is 12.5 Å². The largest absolute Gasteiger partial charge is 0.497 e. The van der Waals surface area contributed by atoms with Gasteiger partial charge in [0.2, 0.25) is 0 Å². The lowest BCUT2D eigenvalue weighted by Gasteiger charge is -2.28. The number of aliphatic hydroxyl groups is 1. The number of rotatable bonds is 6. The number of urea groups is 1. The molecule has 0 spiro atoms. The predicted molar refractivity (Wildman–Crippen MR) is 86.3 cm³/mol. The van der Waals surface area contributed by atoms with Crippen LogP contribution in [0.4, 0.5) is 10.5 Å². The third kappa shape index (κ3) is 5.54. The number of carbonyl (C=O) groups excluding carboxylic acids is 1. The topological polar surface area (TPSA) is 73.8 Å². The van der Waals surface area contributed by atoms with Crippen molar-refractivity contribution >= 4 is 11.7 Å². The van der Waals surface area contributed by atoms with Crippen LogP contribution in [0.1, 0.15) is 19.3 Å². The van der Waals surface area contributed by atoms with Crippen LogP contribution in [0, 0.1) is 0 Å². The summed E-state index contributed by atoms with van der Waals surface area (Å²) in [5.41, 5.74) is 0.655. The van der Waals surface area contributed by atoms with Crippen molar-refractivity contribution in [3.63, 3.8) is 0 Å². The lowest BCUT2D eigenvalue weighted by Crippen LogP contribution is -2.42. The third-order valence-corrected chi connectivity index (χ3v) is 3.74. The van der Waals surface area contributed by atoms with Gasteiger partial charge >= 0.3 is 6.03 Å². The number of amides is 2. The van der Waals surface area contributed by atoms with Gasteiger partial charge in [0.25, 0.3) is 0 Å². The number of carbonyl (C=O) groups is 1. The normalized spacial score (nSPS) is 16.8. The van der Waals surface area contributed by atoms with E-state index in [1.807, 2.05) is 6.07 Å². The molecule has 6 heteroatoms. The number of piperidine rings is 1. The summed E-state index contributed by atoms with van der Waals surface area (Å²) in [4.78, 5) is 14.1. The van der Waals surface area contributed by atoms with Crippen LogP contribution in [0.25, 0.3) is 0 Å². The Morgan fingerprint density at radius 2 is 2.14 bits per heavy atom. The Labute approximate surface area is 131 Å². The van der Waals surface area contributed by atoms with Crippen LogP contribution in [-0.4, -0.2) is 55.4 Å². The van der Waals surface area contributed by atoms with Gasteiger partial charge in [-0.3, -0.25) is 0 Å². The first kappa shape index (κ1) is 16.6. The first-order chi connectivity index (χ1) is 10.7. The van der Waals surface area contributed by atoms with Crippen molar-refractivity contribution in [1.29, 1.82) is 0 Å². The Hall–Kier alpha value is -1.79. The molecule has 1 aromatic carbocycles. The number of aliphatic hydroxyl groups excluding tert-OH is 1. The molecule has 1 aliphatic rings. The summed E-state index contributed by atoms with van der Waals surface area (Å²) >= 11 is 0. The molecule has 0 radical (unpaired) electrons. The van der Waals surface area contributed by atoms with E-state index < -0.39 is 6.10 Å².